The number of fused-ring (bicyclic) bond motifs is 1. The lowest BCUT2D eigenvalue weighted by molar-refractivity contribution is -0.262. The van der Waals surface area contributed by atoms with Crippen LogP contribution in [0.3, 0.4) is 0 Å². The summed E-state index contributed by atoms with van der Waals surface area (Å²) in [4.78, 5) is 16.3. The van der Waals surface area contributed by atoms with Crippen LogP contribution in [0, 0.1) is 16.7 Å². The number of hydrogen-bond acceptors (Lipinski definition) is 4. The molecule has 0 unspecified atom stereocenters. The first-order chi connectivity index (χ1) is 13.2. The molecule has 1 spiro atoms. The van der Waals surface area contributed by atoms with E-state index in [9.17, 15) is 4.79 Å². The molecule has 0 N–H and O–H groups in total. The molecule has 4 heteroatoms. The van der Waals surface area contributed by atoms with Gasteiger partial charge in [-0.25, -0.2) is 0 Å². The summed E-state index contributed by atoms with van der Waals surface area (Å²) in [5.41, 5.74) is 0.933. The lowest BCUT2D eigenvalue weighted by Crippen LogP contribution is -2.83. The van der Waals surface area contributed by atoms with E-state index in [2.05, 4.69) is 26.8 Å². The van der Waals surface area contributed by atoms with Crippen LogP contribution in [0.1, 0.15) is 52.0 Å². The molecule has 0 aromatic heterocycles. The van der Waals surface area contributed by atoms with Gasteiger partial charge in [-0.2, -0.15) is 0 Å². The highest BCUT2D eigenvalue weighted by atomic mass is 16.5. The second kappa shape index (κ2) is 5.14. The molecule has 0 radical (unpaired) electrons. The molecule has 5 rings (SSSR count). The van der Waals surface area contributed by atoms with Crippen LogP contribution in [0.25, 0.3) is 0 Å². The first-order valence-corrected chi connectivity index (χ1v) is 10.5. The Bertz CT molecular complexity index is 916. The Hall–Kier alpha value is -1.97. The van der Waals surface area contributed by atoms with E-state index in [1.807, 2.05) is 37.3 Å². The smallest absolute Gasteiger partial charge is 0.172 e. The number of benzene rings is 1. The number of nitrogens with zero attached hydrogens (tertiary/aromatic N) is 1. The molecule has 3 saturated carbocycles. The molecule has 1 heterocycles. The zero-order valence-electron chi connectivity index (χ0n) is 17.9. The summed E-state index contributed by atoms with van der Waals surface area (Å²) in [5.74, 6) is 2.48. The number of rotatable bonds is 2. The molecule has 150 valence electrons. The lowest BCUT2D eigenvalue weighted by Gasteiger charge is -2.78. The monoisotopic (exact) mass is 381 g/mol. The van der Waals surface area contributed by atoms with Crippen molar-refractivity contribution in [2.24, 2.45) is 16.7 Å². The zero-order valence-corrected chi connectivity index (χ0v) is 17.9. The van der Waals surface area contributed by atoms with Crippen LogP contribution in [0.2, 0.25) is 0 Å². The third-order valence-electron chi connectivity index (χ3n) is 8.72. The number of ketones is 1. The largest absolute Gasteiger partial charge is 0.497 e. The van der Waals surface area contributed by atoms with Crippen molar-refractivity contribution in [1.82, 2.24) is 4.90 Å². The number of methoxy groups -OCH3 is 1. The molecule has 4 aliphatic rings. The Kier molecular flexibility index (Phi) is 3.32. The molecule has 1 aliphatic heterocycles. The van der Waals surface area contributed by atoms with Crippen molar-refractivity contribution in [3.63, 3.8) is 0 Å². The van der Waals surface area contributed by atoms with Gasteiger partial charge in [0, 0.05) is 36.8 Å². The SMILES string of the molecule is COc1ccc2c(c1)[C@@]13C(=O)/C(=C/N(C)C)CC[C@]14[C@@H](CC[C@]4(C)O2)C3(C)C. The molecule has 0 saturated heterocycles. The van der Waals surface area contributed by atoms with Crippen LogP contribution in [-0.2, 0) is 10.2 Å². The molecule has 3 fully saturated rings. The van der Waals surface area contributed by atoms with Crippen LogP contribution in [0.15, 0.2) is 30.0 Å². The number of carbonyl (C=O) groups is 1. The van der Waals surface area contributed by atoms with E-state index < -0.39 is 5.41 Å². The third-order valence-corrected chi connectivity index (χ3v) is 8.72. The Balaban J connectivity index is 1.85. The Morgan fingerprint density at radius 1 is 1.21 bits per heavy atom. The maximum absolute atomic E-state index is 14.3. The number of ether oxygens (including phenoxy) is 2. The molecule has 4 atom stereocenters. The van der Waals surface area contributed by atoms with Crippen molar-refractivity contribution in [3.05, 3.63) is 35.5 Å². The first-order valence-electron chi connectivity index (χ1n) is 10.5. The minimum atomic E-state index is -0.544. The molecule has 1 aromatic carbocycles. The summed E-state index contributed by atoms with van der Waals surface area (Å²) < 4.78 is 12.3. The Morgan fingerprint density at radius 3 is 2.64 bits per heavy atom. The van der Waals surface area contributed by atoms with Crippen LogP contribution in [0.4, 0.5) is 0 Å². The van der Waals surface area contributed by atoms with Gasteiger partial charge >= 0.3 is 0 Å². The van der Waals surface area contributed by atoms with E-state index in [-0.39, 0.29) is 16.4 Å². The summed E-state index contributed by atoms with van der Waals surface area (Å²) in [7, 11) is 5.68. The van der Waals surface area contributed by atoms with Gasteiger partial charge < -0.3 is 14.4 Å². The second-order valence-corrected chi connectivity index (χ2v) is 10.2. The first kappa shape index (κ1) is 18.1. The Morgan fingerprint density at radius 2 is 1.96 bits per heavy atom. The fourth-order valence-electron chi connectivity index (χ4n) is 8.01. The quantitative estimate of drug-likeness (QED) is 0.715. The maximum Gasteiger partial charge on any atom is 0.172 e. The summed E-state index contributed by atoms with van der Waals surface area (Å²) in [5, 5.41) is 0. The molecule has 4 nitrogen and oxygen atoms in total. The number of allylic oxidation sites excluding steroid dienone is 1. The maximum atomic E-state index is 14.3. The minimum absolute atomic E-state index is 0.113. The predicted octanol–water partition coefficient (Wildman–Crippen LogP) is 4.33. The molecule has 3 aliphatic carbocycles. The van der Waals surface area contributed by atoms with E-state index in [0.29, 0.717) is 11.7 Å². The fraction of sp³-hybridized carbons (Fsp3) is 0.625. The van der Waals surface area contributed by atoms with Gasteiger partial charge in [-0.3, -0.25) is 4.79 Å². The summed E-state index contributed by atoms with van der Waals surface area (Å²) in [6, 6.07) is 6.04. The third kappa shape index (κ3) is 1.61. The van der Waals surface area contributed by atoms with Gasteiger partial charge in [0.15, 0.2) is 5.78 Å². The summed E-state index contributed by atoms with van der Waals surface area (Å²) >= 11 is 0. The van der Waals surface area contributed by atoms with Crippen molar-refractivity contribution in [2.45, 2.75) is 57.5 Å². The molecule has 0 amide bonds. The van der Waals surface area contributed by atoms with Crippen molar-refractivity contribution in [3.8, 4) is 11.5 Å². The highest BCUT2D eigenvalue weighted by molar-refractivity contribution is 6.08. The van der Waals surface area contributed by atoms with Gasteiger partial charge in [0.1, 0.15) is 17.1 Å². The molecule has 1 aromatic rings. The highest BCUT2D eigenvalue weighted by Gasteiger charge is 2.88. The van der Waals surface area contributed by atoms with Crippen LogP contribution >= 0.6 is 0 Å². The molecule has 0 bridgehead atoms. The van der Waals surface area contributed by atoms with Gasteiger partial charge in [-0.15, -0.1) is 0 Å². The van der Waals surface area contributed by atoms with E-state index in [1.165, 1.54) is 0 Å². The van der Waals surface area contributed by atoms with E-state index in [4.69, 9.17) is 9.47 Å². The van der Waals surface area contributed by atoms with E-state index >= 15 is 0 Å². The topological polar surface area (TPSA) is 38.8 Å². The summed E-state index contributed by atoms with van der Waals surface area (Å²) in [6.07, 6.45) is 6.04. The van der Waals surface area contributed by atoms with Crippen LogP contribution in [0.5, 0.6) is 11.5 Å². The fourth-order valence-corrected chi connectivity index (χ4v) is 8.01. The van der Waals surface area contributed by atoms with Gasteiger partial charge in [-0.05, 0) is 62.1 Å². The summed E-state index contributed by atoms with van der Waals surface area (Å²) in [6.45, 7) is 6.89. The predicted molar refractivity (Wildman–Crippen MR) is 109 cm³/mol. The molecule has 28 heavy (non-hydrogen) atoms. The van der Waals surface area contributed by atoms with E-state index in [1.54, 1.807) is 7.11 Å². The van der Waals surface area contributed by atoms with Crippen molar-refractivity contribution >= 4 is 5.78 Å². The average molecular weight is 382 g/mol. The number of carbonyl (C=O) groups excluding carboxylic acids is 1. The van der Waals surface area contributed by atoms with Crippen LogP contribution in [-0.4, -0.2) is 37.5 Å². The average Bonchev–Trinajstić information content (AvgIpc) is 2.92. The van der Waals surface area contributed by atoms with Crippen molar-refractivity contribution in [1.29, 1.82) is 0 Å². The highest BCUT2D eigenvalue weighted by Crippen LogP contribution is 2.86. The van der Waals surface area contributed by atoms with Gasteiger partial charge in [0.2, 0.25) is 0 Å². The normalized spacial score (nSPS) is 40.7. The number of hydrogen-bond donors (Lipinski definition) is 0. The Labute approximate surface area is 167 Å². The standard InChI is InChI=1S/C24H31NO3/c1-21(2)19-10-11-22(3)23(19)12-9-15(14-25(4)5)20(26)24(21,23)17-13-16(27-6)7-8-18(17)28-22/h7-8,13-14,19H,9-12H2,1-6H3/b15-14+/t19-,22-,23+,24-/m0/s1. The van der Waals surface area contributed by atoms with Gasteiger partial charge in [0.25, 0.3) is 0 Å². The van der Waals surface area contributed by atoms with Crippen molar-refractivity contribution in [2.75, 3.05) is 21.2 Å². The zero-order chi connectivity index (χ0) is 20.1. The van der Waals surface area contributed by atoms with Gasteiger partial charge in [-0.1, -0.05) is 13.8 Å². The number of Topliss-reactive ketones (excluding diaryl/α,β-unsaturated/α-hetero) is 1. The molecular weight excluding hydrogens is 350 g/mol. The second-order valence-electron chi connectivity index (χ2n) is 10.2. The van der Waals surface area contributed by atoms with Crippen molar-refractivity contribution < 1.29 is 14.3 Å². The van der Waals surface area contributed by atoms with E-state index in [0.717, 1.165) is 48.3 Å². The molecular formula is C24H31NO3. The van der Waals surface area contributed by atoms with Crippen LogP contribution < -0.4 is 9.47 Å². The lowest BCUT2D eigenvalue weighted by atomic mass is 9.25. The van der Waals surface area contributed by atoms with Gasteiger partial charge in [0.05, 0.1) is 12.5 Å². The minimum Gasteiger partial charge on any atom is -0.497 e.